The number of ether oxygens (including phenoxy) is 1. The highest BCUT2D eigenvalue weighted by atomic mass is 32.2. The van der Waals surface area contributed by atoms with Crippen molar-refractivity contribution >= 4 is 29.4 Å². The van der Waals surface area contributed by atoms with Crippen LogP contribution in [0.25, 0.3) is 0 Å². The molecule has 1 aliphatic rings. The van der Waals surface area contributed by atoms with Crippen LogP contribution in [0.1, 0.15) is 6.92 Å². The van der Waals surface area contributed by atoms with E-state index in [1.165, 1.54) is 15.6 Å². The van der Waals surface area contributed by atoms with Crippen LogP contribution in [0, 0.1) is 0 Å². The van der Waals surface area contributed by atoms with Gasteiger partial charge in [0.25, 0.3) is 0 Å². The van der Waals surface area contributed by atoms with Gasteiger partial charge in [-0.05, 0) is 55.5 Å². The summed E-state index contributed by atoms with van der Waals surface area (Å²) in [5.41, 5.74) is 2.17. The number of allylic oxidation sites excluding steroid dienone is 3. The Hall–Kier alpha value is -2.46. The molecule has 3 rings (SSSR count). The molecule has 1 aliphatic heterocycles. The van der Waals surface area contributed by atoms with E-state index in [9.17, 15) is 0 Å². The number of rotatable bonds is 5. The summed E-state index contributed by atoms with van der Waals surface area (Å²) in [6.07, 6.45) is 7.87. The lowest BCUT2D eigenvalue weighted by Crippen LogP contribution is -2.08. The minimum Gasteiger partial charge on any atom is -0.494 e. The van der Waals surface area contributed by atoms with Crippen molar-refractivity contribution in [3.05, 3.63) is 71.8 Å². The Morgan fingerprint density at radius 1 is 1.08 bits per heavy atom. The van der Waals surface area contributed by atoms with Gasteiger partial charge in [-0.2, -0.15) is 0 Å². The molecule has 0 radical (unpaired) electrons. The Bertz CT molecular complexity index is 778. The van der Waals surface area contributed by atoms with Gasteiger partial charge in [0.05, 0.1) is 23.0 Å². The molecule has 0 spiro atoms. The second-order valence-corrected chi connectivity index (χ2v) is 6.29. The zero-order valence-corrected chi connectivity index (χ0v) is 14.7. The Morgan fingerprint density at radius 3 is 2.62 bits per heavy atom. The first-order chi connectivity index (χ1) is 11.8. The molecule has 122 valence electrons. The monoisotopic (exact) mass is 336 g/mol. The third-order valence-electron chi connectivity index (χ3n) is 3.58. The number of para-hydroxylation sites is 1. The predicted octanol–water partition coefficient (Wildman–Crippen LogP) is 5.43. The van der Waals surface area contributed by atoms with Gasteiger partial charge in [-0.1, -0.05) is 30.0 Å². The topological polar surface area (TPSA) is 24.8 Å². The summed E-state index contributed by atoms with van der Waals surface area (Å²) < 4.78 is 5.42. The van der Waals surface area contributed by atoms with E-state index < -0.39 is 0 Å². The number of fused-ring (bicyclic) bond motifs is 1. The number of hydrogen-bond acceptors (Lipinski definition) is 4. The third kappa shape index (κ3) is 3.89. The summed E-state index contributed by atoms with van der Waals surface area (Å²) in [6.45, 7) is 2.65. The van der Waals surface area contributed by atoms with Gasteiger partial charge < -0.3 is 9.64 Å². The second-order valence-electron chi connectivity index (χ2n) is 5.22. The van der Waals surface area contributed by atoms with Gasteiger partial charge in [0, 0.05) is 18.2 Å². The van der Waals surface area contributed by atoms with Gasteiger partial charge in [0.15, 0.2) is 0 Å². The number of benzene rings is 2. The zero-order valence-electron chi connectivity index (χ0n) is 13.8. The molecule has 4 heteroatoms. The molecule has 2 aromatic carbocycles. The van der Waals surface area contributed by atoms with Crippen molar-refractivity contribution in [2.45, 2.75) is 11.8 Å². The second kappa shape index (κ2) is 7.88. The van der Waals surface area contributed by atoms with Crippen LogP contribution >= 0.6 is 11.8 Å². The first kappa shape index (κ1) is 16.4. The Labute approximate surface area is 147 Å². The average Bonchev–Trinajstić information content (AvgIpc) is 2.93. The summed E-state index contributed by atoms with van der Waals surface area (Å²) in [4.78, 5) is 7.91. The van der Waals surface area contributed by atoms with Crippen LogP contribution in [-0.2, 0) is 0 Å². The fraction of sp³-hybridized carbons (Fsp3) is 0.150. The third-order valence-corrected chi connectivity index (χ3v) is 4.76. The number of hydrogen-bond donors (Lipinski definition) is 0. The molecule has 0 unspecified atom stereocenters. The molecule has 0 saturated heterocycles. The van der Waals surface area contributed by atoms with E-state index in [0.717, 1.165) is 11.4 Å². The van der Waals surface area contributed by atoms with Crippen molar-refractivity contribution in [2.24, 2.45) is 4.99 Å². The van der Waals surface area contributed by atoms with Gasteiger partial charge >= 0.3 is 0 Å². The van der Waals surface area contributed by atoms with Crippen molar-refractivity contribution in [3.8, 4) is 5.75 Å². The van der Waals surface area contributed by atoms with Crippen molar-refractivity contribution in [2.75, 3.05) is 18.6 Å². The van der Waals surface area contributed by atoms with Crippen LogP contribution in [0.4, 0.5) is 11.4 Å². The fourth-order valence-electron chi connectivity index (χ4n) is 2.38. The lowest BCUT2D eigenvalue weighted by atomic mass is 10.3. The molecule has 0 amide bonds. The van der Waals surface area contributed by atoms with Gasteiger partial charge in [-0.15, -0.1) is 0 Å². The van der Waals surface area contributed by atoms with Crippen molar-refractivity contribution < 1.29 is 4.74 Å². The Balaban J connectivity index is 1.59. The van der Waals surface area contributed by atoms with Gasteiger partial charge in [0.2, 0.25) is 0 Å². The van der Waals surface area contributed by atoms with E-state index in [1.54, 1.807) is 18.0 Å². The molecule has 0 atom stereocenters. The maximum atomic E-state index is 5.42. The van der Waals surface area contributed by atoms with E-state index in [2.05, 4.69) is 47.3 Å². The van der Waals surface area contributed by atoms with E-state index >= 15 is 0 Å². The highest BCUT2D eigenvalue weighted by molar-refractivity contribution is 8.03. The van der Waals surface area contributed by atoms with Crippen LogP contribution in [0.15, 0.2) is 81.7 Å². The van der Waals surface area contributed by atoms with Crippen molar-refractivity contribution in [1.29, 1.82) is 0 Å². The maximum Gasteiger partial charge on any atom is 0.119 e. The first-order valence-corrected chi connectivity index (χ1v) is 8.74. The highest BCUT2D eigenvalue weighted by Gasteiger charge is 2.20. The largest absolute Gasteiger partial charge is 0.494 e. The van der Waals surface area contributed by atoms with E-state index in [-0.39, 0.29) is 0 Å². The Kier molecular flexibility index (Phi) is 5.39. The minimum atomic E-state index is 0.677. The molecule has 0 aliphatic carbocycles. The quantitative estimate of drug-likeness (QED) is 0.681. The summed E-state index contributed by atoms with van der Waals surface area (Å²) in [5, 5.41) is 1.21. The molecule has 0 bridgehead atoms. The number of anilines is 1. The lowest BCUT2D eigenvalue weighted by molar-refractivity contribution is 0.340. The zero-order chi connectivity index (χ0) is 16.8. The molecule has 0 saturated carbocycles. The predicted molar refractivity (Wildman–Crippen MR) is 104 cm³/mol. The lowest BCUT2D eigenvalue weighted by Gasteiger charge is -2.12. The summed E-state index contributed by atoms with van der Waals surface area (Å²) >= 11 is 1.78. The van der Waals surface area contributed by atoms with E-state index in [4.69, 9.17) is 4.74 Å². The van der Waals surface area contributed by atoms with E-state index in [1.807, 2.05) is 43.3 Å². The van der Waals surface area contributed by atoms with Crippen LogP contribution in [0.3, 0.4) is 0 Å². The molecule has 1 heterocycles. The van der Waals surface area contributed by atoms with Crippen LogP contribution in [-0.4, -0.2) is 19.9 Å². The van der Waals surface area contributed by atoms with Crippen molar-refractivity contribution in [3.63, 3.8) is 0 Å². The Morgan fingerprint density at radius 2 is 1.88 bits per heavy atom. The number of aliphatic imine (C=N–C) groups is 1. The maximum absolute atomic E-state index is 5.42. The molecule has 0 N–H and O–H groups in total. The SMILES string of the molecule is CCOc1ccc(N=C/C=C/C=C2/Sc3ccccc3N2C)cc1. The summed E-state index contributed by atoms with van der Waals surface area (Å²) in [7, 11) is 2.09. The number of nitrogens with zero attached hydrogens (tertiary/aromatic N) is 2. The normalized spacial score (nSPS) is 15.6. The van der Waals surface area contributed by atoms with Gasteiger partial charge in [0.1, 0.15) is 5.75 Å². The molecule has 0 aromatic heterocycles. The van der Waals surface area contributed by atoms with Crippen molar-refractivity contribution in [1.82, 2.24) is 0 Å². The number of thioether (sulfide) groups is 1. The van der Waals surface area contributed by atoms with Crippen LogP contribution in [0.2, 0.25) is 0 Å². The molecule has 0 fully saturated rings. The molecular formula is C20H20N2OS. The van der Waals surface area contributed by atoms with Crippen LogP contribution in [0.5, 0.6) is 5.75 Å². The molecule has 24 heavy (non-hydrogen) atoms. The highest BCUT2D eigenvalue weighted by Crippen LogP contribution is 2.44. The fourth-order valence-corrected chi connectivity index (χ4v) is 3.44. The molecule has 3 nitrogen and oxygen atoms in total. The first-order valence-electron chi connectivity index (χ1n) is 7.92. The van der Waals surface area contributed by atoms with Gasteiger partial charge in [-0.3, -0.25) is 4.99 Å². The minimum absolute atomic E-state index is 0.677. The molecule has 2 aromatic rings. The smallest absolute Gasteiger partial charge is 0.119 e. The standard InChI is InChI=1S/C20H20N2OS/c1-3-23-17-13-11-16(12-14-17)21-15-7-6-10-20-22(2)18-8-4-5-9-19(18)24-20/h4-15H,3H2,1-2H3/b7-6+,20-10+,21-15?. The molecular weight excluding hydrogens is 316 g/mol. The summed E-state index contributed by atoms with van der Waals surface area (Å²) in [5.74, 6) is 0.873. The van der Waals surface area contributed by atoms with Gasteiger partial charge in [-0.25, -0.2) is 0 Å². The van der Waals surface area contributed by atoms with Crippen LogP contribution < -0.4 is 9.64 Å². The average molecular weight is 336 g/mol. The summed E-state index contributed by atoms with van der Waals surface area (Å²) in [6, 6.07) is 16.2. The van der Waals surface area contributed by atoms with E-state index in [0.29, 0.717) is 6.61 Å².